The van der Waals surface area contributed by atoms with E-state index in [0.29, 0.717) is 19.0 Å². The Morgan fingerprint density at radius 1 is 1.47 bits per heavy atom. The molecular weight excluding hydrogens is 214 g/mol. The Balaban J connectivity index is 1.67. The van der Waals surface area contributed by atoms with E-state index in [9.17, 15) is 5.11 Å². The van der Waals surface area contributed by atoms with Gasteiger partial charge in [0.1, 0.15) is 0 Å². The van der Waals surface area contributed by atoms with Crippen LogP contribution in [0.3, 0.4) is 0 Å². The van der Waals surface area contributed by atoms with Crippen molar-refractivity contribution in [3.8, 4) is 0 Å². The van der Waals surface area contributed by atoms with Crippen molar-refractivity contribution in [1.29, 1.82) is 0 Å². The van der Waals surface area contributed by atoms with Crippen molar-refractivity contribution >= 4 is 0 Å². The fraction of sp³-hybridized carbons (Fsp3) is 0.769. The molecule has 17 heavy (non-hydrogen) atoms. The first-order chi connectivity index (χ1) is 8.25. The molecular formula is C13H21N3O. The summed E-state index contributed by atoms with van der Waals surface area (Å²) < 4.78 is 2.11. The Labute approximate surface area is 102 Å². The van der Waals surface area contributed by atoms with Gasteiger partial charge in [-0.25, -0.2) is 0 Å². The fourth-order valence-corrected chi connectivity index (χ4v) is 3.06. The van der Waals surface area contributed by atoms with Crippen molar-refractivity contribution in [1.82, 2.24) is 15.1 Å². The van der Waals surface area contributed by atoms with Gasteiger partial charge in [0, 0.05) is 19.2 Å². The van der Waals surface area contributed by atoms with Gasteiger partial charge in [-0.2, -0.15) is 5.10 Å². The first kappa shape index (κ1) is 11.2. The van der Waals surface area contributed by atoms with Crippen molar-refractivity contribution in [2.75, 3.05) is 13.1 Å². The molecule has 1 unspecified atom stereocenters. The van der Waals surface area contributed by atoms with E-state index in [0.717, 1.165) is 18.7 Å². The molecule has 2 fully saturated rings. The lowest BCUT2D eigenvalue weighted by Gasteiger charge is -2.19. The number of hydrogen-bond acceptors (Lipinski definition) is 3. The zero-order chi connectivity index (χ0) is 11.7. The largest absolute Gasteiger partial charge is 0.388 e. The molecule has 0 aromatic carbocycles. The molecule has 1 saturated heterocycles. The summed E-state index contributed by atoms with van der Waals surface area (Å²) in [5.74, 6) is 0. The van der Waals surface area contributed by atoms with Gasteiger partial charge in [-0.05, 0) is 31.9 Å². The number of β-amino-alcohol motifs (C(OH)–C–C–N with tert-alkyl or cyclic N) is 1. The van der Waals surface area contributed by atoms with Crippen LogP contribution in [0.2, 0.25) is 0 Å². The molecule has 0 radical (unpaired) electrons. The van der Waals surface area contributed by atoms with Crippen LogP contribution >= 0.6 is 0 Å². The van der Waals surface area contributed by atoms with E-state index in [1.807, 2.05) is 0 Å². The lowest BCUT2D eigenvalue weighted by atomic mass is 9.97. The summed E-state index contributed by atoms with van der Waals surface area (Å²) in [5, 5.41) is 18.1. The summed E-state index contributed by atoms with van der Waals surface area (Å²) in [4.78, 5) is 0. The van der Waals surface area contributed by atoms with Crippen LogP contribution < -0.4 is 5.32 Å². The van der Waals surface area contributed by atoms with E-state index >= 15 is 0 Å². The molecule has 4 heteroatoms. The van der Waals surface area contributed by atoms with Crippen molar-refractivity contribution < 1.29 is 5.11 Å². The second-order valence-corrected chi connectivity index (χ2v) is 5.55. The van der Waals surface area contributed by atoms with Crippen molar-refractivity contribution in [3.63, 3.8) is 0 Å². The monoisotopic (exact) mass is 235 g/mol. The first-order valence-electron chi connectivity index (χ1n) is 6.72. The summed E-state index contributed by atoms with van der Waals surface area (Å²) in [6, 6.07) is 2.66. The van der Waals surface area contributed by atoms with Crippen LogP contribution in [-0.4, -0.2) is 33.6 Å². The van der Waals surface area contributed by atoms with Crippen LogP contribution in [-0.2, 0) is 6.42 Å². The normalized spacial score (nSPS) is 30.2. The summed E-state index contributed by atoms with van der Waals surface area (Å²) in [7, 11) is 0. The Hall–Kier alpha value is -0.870. The molecule has 0 amide bonds. The van der Waals surface area contributed by atoms with E-state index in [4.69, 9.17) is 0 Å². The molecule has 1 atom stereocenters. The summed E-state index contributed by atoms with van der Waals surface area (Å²) in [6.07, 6.45) is 8.77. The van der Waals surface area contributed by atoms with Gasteiger partial charge >= 0.3 is 0 Å². The molecule has 1 aromatic heterocycles. The van der Waals surface area contributed by atoms with Gasteiger partial charge in [-0.3, -0.25) is 4.68 Å². The number of hydrogen-bond donors (Lipinski definition) is 2. The number of aromatic nitrogens is 2. The second-order valence-electron chi connectivity index (χ2n) is 5.55. The van der Waals surface area contributed by atoms with Crippen LogP contribution in [0, 0.1) is 0 Å². The molecule has 1 saturated carbocycles. The molecule has 1 aliphatic heterocycles. The van der Waals surface area contributed by atoms with E-state index in [2.05, 4.69) is 27.4 Å². The van der Waals surface area contributed by atoms with Crippen molar-refractivity contribution in [2.45, 2.75) is 50.2 Å². The third kappa shape index (κ3) is 2.38. The molecule has 1 aromatic rings. The molecule has 1 aliphatic carbocycles. The quantitative estimate of drug-likeness (QED) is 0.829. The van der Waals surface area contributed by atoms with Gasteiger partial charge in [0.25, 0.3) is 0 Å². The zero-order valence-corrected chi connectivity index (χ0v) is 10.2. The first-order valence-corrected chi connectivity index (χ1v) is 6.72. The van der Waals surface area contributed by atoms with Crippen LogP contribution in [0.4, 0.5) is 0 Å². The molecule has 2 heterocycles. The van der Waals surface area contributed by atoms with Gasteiger partial charge in [0.05, 0.1) is 17.3 Å². The minimum Gasteiger partial charge on any atom is -0.388 e. The number of nitrogens with zero attached hydrogens (tertiary/aromatic N) is 2. The van der Waals surface area contributed by atoms with Gasteiger partial charge in [0.2, 0.25) is 0 Å². The SMILES string of the molecule is OC1(Cc2ccn(C3CCCC3)n2)CCNC1. The predicted molar refractivity (Wildman–Crippen MR) is 65.9 cm³/mol. The lowest BCUT2D eigenvalue weighted by Crippen LogP contribution is -2.34. The van der Waals surface area contributed by atoms with Crippen LogP contribution in [0.5, 0.6) is 0 Å². The zero-order valence-electron chi connectivity index (χ0n) is 10.2. The van der Waals surface area contributed by atoms with E-state index in [1.54, 1.807) is 0 Å². The Bertz CT molecular complexity index is 376. The molecule has 3 rings (SSSR count). The van der Waals surface area contributed by atoms with E-state index in [-0.39, 0.29) is 0 Å². The molecule has 2 N–H and O–H groups in total. The summed E-state index contributed by atoms with van der Waals surface area (Å²) in [5.41, 5.74) is 0.456. The van der Waals surface area contributed by atoms with Gasteiger partial charge in [-0.1, -0.05) is 12.8 Å². The van der Waals surface area contributed by atoms with Crippen LogP contribution in [0.25, 0.3) is 0 Å². The number of nitrogens with one attached hydrogen (secondary N) is 1. The molecule has 2 aliphatic rings. The number of aliphatic hydroxyl groups is 1. The van der Waals surface area contributed by atoms with Gasteiger partial charge in [0.15, 0.2) is 0 Å². The van der Waals surface area contributed by atoms with Crippen molar-refractivity contribution in [2.24, 2.45) is 0 Å². The highest BCUT2D eigenvalue weighted by Crippen LogP contribution is 2.29. The highest BCUT2D eigenvalue weighted by molar-refractivity contribution is 5.07. The summed E-state index contributed by atoms with van der Waals surface area (Å²) in [6.45, 7) is 1.61. The van der Waals surface area contributed by atoms with Crippen LogP contribution in [0.15, 0.2) is 12.3 Å². The van der Waals surface area contributed by atoms with Crippen molar-refractivity contribution in [3.05, 3.63) is 18.0 Å². The lowest BCUT2D eigenvalue weighted by molar-refractivity contribution is 0.0607. The minimum absolute atomic E-state index is 0.575. The highest BCUT2D eigenvalue weighted by atomic mass is 16.3. The van der Waals surface area contributed by atoms with Crippen LogP contribution in [0.1, 0.15) is 43.8 Å². The second kappa shape index (κ2) is 4.42. The third-order valence-corrected chi connectivity index (χ3v) is 4.09. The van der Waals surface area contributed by atoms with Gasteiger partial charge in [-0.15, -0.1) is 0 Å². The molecule has 4 nitrogen and oxygen atoms in total. The van der Waals surface area contributed by atoms with E-state index < -0.39 is 5.60 Å². The predicted octanol–water partition coefficient (Wildman–Crippen LogP) is 1.27. The highest BCUT2D eigenvalue weighted by Gasteiger charge is 2.32. The third-order valence-electron chi connectivity index (χ3n) is 4.09. The minimum atomic E-state index is -0.575. The smallest absolute Gasteiger partial charge is 0.0839 e. The number of rotatable bonds is 3. The standard InChI is InChI=1S/C13H21N3O/c17-13(6-7-14-10-13)9-11-5-8-16(15-11)12-3-1-2-4-12/h5,8,12,14,17H,1-4,6-7,9-10H2. The average molecular weight is 235 g/mol. The topological polar surface area (TPSA) is 50.1 Å². The molecule has 0 spiro atoms. The maximum Gasteiger partial charge on any atom is 0.0839 e. The maximum absolute atomic E-state index is 10.3. The maximum atomic E-state index is 10.3. The van der Waals surface area contributed by atoms with Gasteiger partial charge < -0.3 is 10.4 Å². The Morgan fingerprint density at radius 2 is 2.29 bits per heavy atom. The Kier molecular flexibility index (Phi) is 2.92. The fourth-order valence-electron chi connectivity index (χ4n) is 3.06. The summed E-state index contributed by atoms with van der Waals surface area (Å²) >= 11 is 0. The molecule has 94 valence electrons. The van der Waals surface area contributed by atoms with E-state index in [1.165, 1.54) is 25.7 Å². The molecule has 0 bridgehead atoms. The average Bonchev–Trinajstić information content (AvgIpc) is 2.98. The Morgan fingerprint density at radius 3 is 3.00 bits per heavy atom.